The summed E-state index contributed by atoms with van der Waals surface area (Å²) < 4.78 is 7.07. The van der Waals surface area contributed by atoms with Crippen LogP contribution in [0.15, 0.2) is 83.7 Å². The number of allylic oxidation sites excluding steroid dienone is 1. The van der Waals surface area contributed by atoms with Crippen molar-refractivity contribution in [2.75, 3.05) is 31.2 Å². The highest BCUT2D eigenvalue weighted by atomic mass is 16.5. The summed E-state index contributed by atoms with van der Waals surface area (Å²) in [6.07, 6.45) is 4.00. The second kappa shape index (κ2) is 8.81. The molecule has 1 aliphatic heterocycles. The zero-order chi connectivity index (χ0) is 21.9. The molecule has 32 heavy (non-hydrogen) atoms. The maximum absolute atomic E-state index is 13.6. The summed E-state index contributed by atoms with van der Waals surface area (Å²) in [5, 5.41) is 6.41. The van der Waals surface area contributed by atoms with Gasteiger partial charge in [0, 0.05) is 35.3 Å². The molecule has 1 aromatic heterocycles. The Hall–Kier alpha value is -3.70. The van der Waals surface area contributed by atoms with Crippen LogP contribution in [0.2, 0.25) is 0 Å². The molecule has 0 unspecified atom stereocenters. The van der Waals surface area contributed by atoms with Crippen LogP contribution in [-0.4, -0.2) is 36.1 Å². The third kappa shape index (κ3) is 3.72. The summed E-state index contributed by atoms with van der Waals surface area (Å²) in [5.74, 6) is 0. The molecule has 160 valence electrons. The van der Waals surface area contributed by atoms with Gasteiger partial charge in [0.15, 0.2) is 0 Å². The first-order valence-corrected chi connectivity index (χ1v) is 10.9. The zero-order valence-electron chi connectivity index (χ0n) is 18.1. The van der Waals surface area contributed by atoms with E-state index in [4.69, 9.17) is 9.84 Å². The zero-order valence-corrected chi connectivity index (χ0v) is 18.1. The predicted molar refractivity (Wildman–Crippen MR) is 131 cm³/mol. The Labute approximate surface area is 187 Å². The molecule has 0 saturated carbocycles. The lowest BCUT2D eigenvalue weighted by Crippen LogP contribution is -2.36. The number of anilines is 1. The summed E-state index contributed by atoms with van der Waals surface area (Å²) in [4.78, 5) is 15.9. The number of ether oxygens (including phenoxy) is 1. The fraction of sp³-hybridized carbons (Fsp3) is 0.185. The van der Waals surface area contributed by atoms with E-state index < -0.39 is 0 Å². The molecule has 0 N–H and O–H groups in total. The van der Waals surface area contributed by atoms with Crippen LogP contribution in [0.5, 0.6) is 0 Å². The standard InChI is InChI=1S/C27H25N3O2/c1-2-8-20-13-14-22(29-15-17-32-18-16-29)19-25(20)30-27(31)24-12-7-6-11-23(24)26(28-30)21-9-4-3-5-10-21/h2-14,19H,15-18H2,1H3/b8-2-. The minimum Gasteiger partial charge on any atom is -0.378 e. The molecule has 3 aromatic carbocycles. The van der Waals surface area contributed by atoms with Crippen LogP contribution in [0, 0.1) is 0 Å². The van der Waals surface area contributed by atoms with E-state index in [9.17, 15) is 4.79 Å². The molecule has 5 nitrogen and oxygen atoms in total. The molecule has 5 heteroatoms. The van der Waals surface area contributed by atoms with Gasteiger partial charge in [-0.05, 0) is 25.1 Å². The molecule has 0 aliphatic carbocycles. The third-order valence-electron chi connectivity index (χ3n) is 5.82. The highest BCUT2D eigenvalue weighted by molar-refractivity contribution is 5.94. The van der Waals surface area contributed by atoms with Gasteiger partial charge in [-0.2, -0.15) is 9.78 Å². The quantitative estimate of drug-likeness (QED) is 0.467. The Bertz CT molecular complexity index is 1340. The van der Waals surface area contributed by atoms with Gasteiger partial charge in [0.05, 0.1) is 30.0 Å². The molecule has 2 heterocycles. The first-order chi connectivity index (χ1) is 15.8. The van der Waals surface area contributed by atoms with E-state index in [0.29, 0.717) is 18.6 Å². The molecule has 0 radical (unpaired) electrons. The monoisotopic (exact) mass is 423 g/mol. The molecule has 5 rings (SSSR count). The Morgan fingerprint density at radius 2 is 1.62 bits per heavy atom. The second-order valence-electron chi connectivity index (χ2n) is 7.82. The fourth-order valence-electron chi connectivity index (χ4n) is 4.22. The van der Waals surface area contributed by atoms with Gasteiger partial charge >= 0.3 is 0 Å². The smallest absolute Gasteiger partial charge is 0.279 e. The number of morpholine rings is 1. The van der Waals surface area contributed by atoms with Crippen LogP contribution in [0.1, 0.15) is 12.5 Å². The van der Waals surface area contributed by atoms with E-state index in [1.807, 2.05) is 73.7 Å². The topological polar surface area (TPSA) is 47.4 Å². The number of hydrogen-bond acceptors (Lipinski definition) is 4. The largest absolute Gasteiger partial charge is 0.378 e. The van der Waals surface area contributed by atoms with Crippen LogP contribution in [-0.2, 0) is 4.74 Å². The second-order valence-corrected chi connectivity index (χ2v) is 7.82. The lowest BCUT2D eigenvalue weighted by Gasteiger charge is -2.29. The molecule has 0 spiro atoms. The predicted octanol–water partition coefficient (Wildman–Crippen LogP) is 4.92. The van der Waals surface area contributed by atoms with Crippen molar-refractivity contribution in [3.05, 3.63) is 94.8 Å². The van der Waals surface area contributed by atoms with Crippen molar-refractivity contribution in [3.8, 4) is 16.9 Å². The SMILES string of the molecule is C/C=C\c1ccc(N2CCOCC2)cc1-n1nc(-c2ccccc2)c2ccccc2c1=O. The van der Waals surface area contributed by atoms with E-state index in [1.54, 1.807) is 4.68 Å². The summed E-state index contributed by atoms with van der Waals surface area (Å²) in [7, 11) is 0. The summed E-state index contributed by atoms with van der Waals surface area (Å²) in [6, 6.07) is 24.0. The van der Waals surface area contributed by atoms with Crippen molar-refractivity contribution in [1.82, 2.24) is 9.78 Å². The van der Waals surface area contributed by atoms with E-state index in [0.717, 1.165) is 46.7 Å². The maximum atomic E-state index is 13.6. The van der Waals surface area contributed by atoms with E-state index in [2.05, 4.69) is 23.1 Å². The number of rotatable bonds is 4. The molecule has 4 aromatic rings. The lowest BCUT2D eigenvalue weighted by molar-refractivity contribution is 0.122. The van der Waals surface area contributed by atoms with Crippen molar-refractivity contribution >= 4 is 22.5 Å². The van der Waals surface area contributed by atoms with Crippen LogP contribution < -0.4 is 10.5 Å². The van der Waals surface area contributed by atoms with E-state index in [-0.39, 0.29) is 5.56 Å². The van der Waals surface area contributed by atoms with Crippen molar-refractivity contribution in [1.29, 1.82) is 0 Å². The molecule has 0 amide bonds. The lowest BCUT2D eigenvalue weighted by atomic mass is 10.0. The van der Waals surface area contributed by atoms with Gasteiger partial charge in [0.1, 0.15) is 0 Å². The van der Waals surface area contributed by atoms with Gasteiger partial charge in [-0.15, -0.1) is 0 Å². The Morgan fingerprint density at radius 1 is 0.906 bits per heavy atom. The molecular formula is C27H25N3O2. The minimum atomic E-state index is -0.120. The fourth-order valence-corrected chi connectivity index (χ4v) is 4.22. The molecular weight excluding hydrogens is 398 g/mol. The third-order valence-corrected chi connectivity index (χ3v) is 5.82. The molecule has 0 bridgehead atoms. The minimum absolute atomic E-state index is 0.120. The van der Waals surface area contributed by atoms with Gasteiger partial charge < -0.3 is 9.64 Å². The highest BCUT2D eigenvalue weighted by Gasteiger charge is 2.17. The van der Waals surface area contributed by atoms with Gasteiger partial charge in [-0.3, -0.25) is 4.79 Å². The normalized spacial score (nSPS) is 14.3. The van der Waals surface area contributed by atoms with Crippen LogP contribution in [0.3, 0.4) is 0 Å². The molecule has 1 aliphatic rings. The average molecular weight is 424 g/mol. The number of fused-ring (bicyclic) bond motifs is 1. The Balaban J connectivity index is 1.77. The van der Waals surface area contributed by atoms with Crippen molar-refractivity contribution in [2.45, 2.75) is 6.92 Å². The van der Waals surface area contributed by atoms with Gasteiger partial charge in [-0.25, -0.2) is 0 Å². The Morgan fingerprint density at radius 3 is 2.38 bits per heavy atom. The average Bonchev–Trinajstić information content (AvgIpc) is 2.86. The number of aromatic nitrogens is 2. The summed E-state index contributed by atoms with van der Waals surface area (Å²) in [5.41, 5.74) is 4.46. The maximum Gasteiger partial charge on any atom is 0.279 e. The highest BCUT2D eigenvalue weighted by Crippen LogP contribution is 2.28. The van der Waals surface area contributed by atoms with Crippen molar-refractivity contribution in [3.63, 3.8) is 0 Å². The van der Waals surface area contributed by atoms with Gasteiger partial charge in [-0.1, -0.05) is 66.7 Å². The van der Waals surface area contributed by atoms with Gasteiger partial charge in [0.25, 0.3) is 5.56 Å². The molecule has 0 atom stereocenters. The number of nitrogens with zero attached hydrogens (tertiary/aromatic N) is 3. The van der Waals surface area contributed by atoms with Crippen molar-refractivity contribution in [2.24, 2.45) is 0 Å². The van der Waals surface area contributed by atoms with Crippen LogP contribution in [0.4, 0.5) is 5.69 Å². The molecule has 1 fully saturated rings. The van der Waals surface area contributed by atoms with Crippen LogP contribution >= 0.6 is 0 Å². The van der Waals surface area contributed by atoms with Crippen molar-refractivity contribution < 1.29 is 4.74 Å². The first-order valence-electron chi connectivity index (χ1n) is 10.9. The Kier molecular flexibility index (Phi) is 5.57. The summed E-state index contributed by atoms with van der Waals surface area (Å²) >= 11 is 0. The van der Waals surface area contributed by atoms with E-state index >= 15 is 0 Å². The summed E-state index contributed by atoms with van der Waals surface area (Å²) in [6.45, 7) is 5.05. The number of benzene rings is 3. The molecule has 1 saturated heterocycles. The number of hydrogen-bond donors (Lipinski definition) is 0. The van der Waals surface area contributed by atoms with Gasteiger partial charge in [0.2, 0.25) is 0 Å². The first kappa shape index (κ1) is 20.2. The van der Waals surface area contributed by atoms with Crippen LogP contribution in [0.25, 0.3) is 33.8 Å². The van der Waals surface area contributed by atoms with E-state index in [1.165, 1.54) is 0 Å².